The summed E-state index contributed by atoms with van der Waals surface area (Å²) >= 11 is 1.23. The molecule has 0 aliphatic carbocycles. The van der Waals surface area contributed by atoms with Crippen LogP contribution in [0.25, 0.3) is 22.5 Å². The van der Waals surface area contributed by atoms with Crippen LogP contribution in [0.3, 0.4) is 0 Å². The van der Waals surface area contributed by atoms with Gasteiger partial charge in [0.1, 0.15) is 18.2 Å². The Morgan fingerprint density at radius 3 is 2.47 bits per heavy atom. The Morgan fingerprint density at radius 1 is 0.915 bits per heavy atom. The molecule has 0 spiro atoms. The summed E-state index contributed by atoms with van der Waals surface area (Å²) in [7, 11) is 0. The van der Waals surface area contributed by atoms with Gasteiger partial charge in [-0.15, -0.1) is 0 Å². The number of benzene rings is 5. The van der Waals surface area contributed by atoms with E-state index in [2.05, 4.69) is 24.3 Å². The lowest BCUT2D eigenvalue weighted by Crippen LogP contribution is -2.40. The predicted octanol–water partition coefficient (Wildman–Crippen LogP) is 6.81. The summed E-state index contributed by atoms with van der Waals surface area (Å²) in [6, 6.07) is 36.2. The fourth-order valence-corrected chi connectivity index (χ4v) is 6.83. The Kier molecular flexibility index (Phi) is 8.33. The molecule has 0 bridgehead atoms. The first-order valence-electron chi connectivity index (χ1n) is 15.2. The van der Waals surface area contributed by atoms with E-state index in [9.17, 15) is 14.0 Å². The molecule has 0 saturated heterocycles. The van der Waals surface area contributed by atoms with E-state index in [0.717, 1.165) is 21.9 Å². The van der Waals surface area contributed by atoms with Crippen molar-refractivity contribution in [3.63, 3.8) is 0 Å². The molecule has 5 aromatic carbocycles. The summed E-state index contributed by atoms with van der Waals surface area (Å²) in [5.41, 5.74) is 3.43. The molecule has 0 fully saturated rings. The van der Waals surface area contributed by atoms with Crippen LogP contribution in [0.2, 0.25) is 0 Å². The Bertz CT molecular complexity index is 2320. The van der Waals surface area contributed by atoms with Gasteiger partial charge < -0.3 is 9.47 Å². The van der Waals surface area contributed by atoms with Gasteiger partial charge in [0, 0.05) is 5.56 Å². The van der Waals surface area contributed by atoms with Gasteiger partial charge in [0.05, 0.1) is 28.5 Å². The number of fused-ring (bicyclic) bond motifs is 2. The summed E-state index contributed by atoms with van der Waals surface area (Å²) in [6.07, 6.45) is 1.80. The molecular weight excluding hydrogens is 612 g/mol. The van der Waals surface area contributed by atoms with Crippen LogP contribution in [0.4, 0.5) is 4.39 Å². The van der Waals surface area contributed by atoms with Crippen LogP contribution in [0, 0.1) is 5.82 Å². The SMILES string of the molecule is CCOC(=O)C1=C(c2ccccc2)N=c2s/c(=C\c3cccc(OCc4cccc5ccccc45)c3)c(=O)n2[C@H]1c1ccc(F)cc1. The lowest BCUT2D eigenvalue weighted by Gasteiger charge is -2.25. The third-order valence-corrected chi connectivity index (χ3v) is 8.97. The fraction of sp³-hybridized carbons (Fsp3) is 0.103. The molecule has 47 heavy (non-hydrogen) atoms. The van der Waals surface area contributed by atoms with E-state index in [-0.39, 0.29) is 17.7 Å². The van der Waals surface area contributed by atoms with Crippen molar-refractivity contribution in [1.29, 1.82) is 0 Å². The summed E-state index contributed by atoms with van der Waals surface area (Å²) in [6.45, 7) is 2.26. The Balaban J connectivity index is 1.32. The van der Waals surface area contributed by atoms with Gasteiger partial charge in [-0.1, -0.05) is 108 Å². The van der Waals surface area contributed by atoms with Gasteiger partial charge in [-0.2, -0.15) is 0 Å². The second-order valence-corrected chi connectivity index (χ2v) is 12.0. The molecule has 0 amide bonds. The third-order valence-electron chi connectivity index (χ3n) is 7.99. The van der Waals surface area contributed by atoms with Crippen molar-refractivity contribution in [2.24, 2.45) is 4.99 Å². The number of halogens is 1. The van der Waals surface area contributed by atoms with Crippen LogP contribution in [0.1, 0.15) is 35.2 Å². The molecule has 0 unspecified atom stereocenters. The van der Waals surface area contributed by atoms with Gasteiger partial charge in [0.25, 0.3) is 5.56 Å². The maximum Gasteiger partial charge on any atom is 0.338 e. The molecule has 2 heterocycles. The summed E-state index contributed by atoms with van der Waals surface area (Å²) < 4.78 is 27.7. The molecule has 1 aliphatic heterocycles. The van der Waals surface area contributed by atoms with Crippen molar-refractivity contribution in [3.05, 3.63) is 175 Å². The number of carbonyl (C=O) groups is 1. The number of aromatic nitrogens is 1. The minimum Gasteiger partial charge on any atom is -0.489 e. The van der Waals surface area contributed by atoms with E-state index in [1.165, 1.54) is 28.0 Å². The zero-order valence-corrected chi connectivity index (χ0v) is 26.2. The first kappa shape index (κ1) is 30.1. The highest BCUT2D eigenvalue weighted by Gasteiger charge is 2.35. The minimum absolute atomic E-state index is 0.143. The van der Waals surface area contributed by atoms with E-state index in [1.54, 1.807) is 25.1 Å². The van der Waals surface area contributed by atoms with E-state index in [4.69, 9.17) is 14.5 Å². The third kappa shape index (κ3) is 6.03. The van der Waals surface area contributed by atoms with E-state index in [1.807, 2.05) is 72.8 Å². The molecule has 0 N–H and O–H groups in total. The number of nitrogens with zero attached hydrogens (tertiary/aromatic N) is 2. The monoisotopic (exact) mass is 640 g/mol. The number of hydrogen-bond donors (Lipinski definition) is 0. The van der Waals surface area contributed by atoms with Crippen molar-refractivity contribution >= 4 is 39.9 Å². The largest absolute Gasteiger partial charge is 0.489 e. The van der Waals surface area contributed by atoms with Crippen LogP contribution >= 0.6 is 11.3 Å². The van der Waals surface area contributed by atoms with Crippen molar-refractivity contribution in [3.8, 4) is 5.75 Å². The van der Waals surface area contributed by atoms with Crippen molar-refractivity contribution < 1.29 is 18.7 Å². The summed E-state index contributed by atoms with van der Waals surface area (Å²) in [5.74, 6) is -0.344. The van der Waals surface area contributed by atoms with Gasteiger partial charge in [-0.25, -0.2) is 14.2 Å². The first-order valence-corrected chi connectivity index (χ1v) is 16.1. The number of hydrogen-bond acceptors (Lipinski definition) is 6. The molecule has 232 valence electrons. The smallest absolute Gasteiger partial charge is 0.338 e. The average Bonchev–Trinajstić information content (AvgIpc) is 3.41. The second kappa shape index (κ2) is 13.0. The van der Waals surface area contributed by atoms with Crippen LogP contribution < -0.4 is 19.6 Å². The summed E-state index contributed by atoms with van der Waals surface area (Å²) in [5, 5.41) is 2.29. The topological polar surface area (TPSA) is 69.9 Å². The van der Waals surface area contributed by atoms with Gasteiger partial charge in [0.15, 0.2) is 4.80 Å². The molecule has 1 aromatic heterocycles. The molecule has 1 atom stereocenters. The van der Waals surface area contributed by atoms with Crippen LogP contribution in [-0.4, -0.2) is 17.1 Å². The van der Waals surface area contributed by atoms with E-state index in [0.29, 0.717) is 38.5 Å². The van der Waals surface area contributed by atoms with E-state index >= 15 is 0 Å². The number of esters is 1. The summed E-state index contributed by atoms with van der Waals surface area (Å²) in [4.78, 5) is 33.0. The zero-order chi connectivity index (χ0) is 32.3. The Morgan fingerprint density at radius 2 is 1.66 bits per heavy atom. The molecule has 6 nitrogen and oxygen atoms in total. The number of rotatable bonds is 8. The molecule has 7 rings (SSSR count). The van der Waals surface area contributed by atoms with Crippen molar-refractivity contribution in [2.45, 2.75) is 19.6 Å². The minimum atomic E-state index is -0.876. The van der Waals surface area contributed by atoms with Crippen molar-refractivity contribution in [1.82, 2.24) is 4.57 Å². The molecular formula is C39H29FN2O4S. The van der Waals surface area contributed by atoms with Gasteiger partial charge in [0.2, 0.25) is 0 Å². The highest BCUT2D eigenvalue weighted by atomic mass is 32.1. The number of thiazole rings is 1. The normalized spacial score (nSPS) is 14.5. The van der Waals surface area contributed by atoms with E-state index < -0.39 is 17.8 Å². The number of carbonyl (C=O) groups excluding carboxylic acids is 1. The maximum atomic E-state index is 14.2. The maximum absolute atomic E-state index is 14.2. The quantitative estimate of drug-likeness (QED) is 0.172. The molecule has 8 heteroatoms. The molecule has 1 aliphatic rings. The van der Waals surface area contributed by atoms with Crippen LogP contribution in [0.15, 0.2) is 137 Å². The van der Waals surface area contributed by atoms with Gasteiger partial charge in [-0.3, -0.25) is 9.36 Å². The molecule has 0 saturated carbocycles. The lowest BCUT2D eigenvalue weighted by atomic mass is 9.93. The number of ether oxygens (including phenoxy) is 2. The van der Waals surface area contributed by atoms with Crippen molar-refractivity contribution in [2.75, 3.05) is 6.61 Å². The highest BCUT2D eigenvalue weighted by Crippen LogP contribution is 2.35. The van der Waals surface area contributed by atoms with Gasteiger partial charge in [-0.05, 0) is 64.7 Å². The second-order valence-electron chi connectivity index (χ2n) is 11.0. The molecule has 0 radical (unpaired) electrons. The van der Waals surface area contributed by atoms with Crippen LogP contribution in [-0.2, 0) is 16.1 Å². The highest BCUT2D eigenvalue weighted by molar-refractivity contribution is 7.07. The average molecular weight is 641 g/mol. The van der Waals surface area contributed by atoms with Crippen LogP contribution in [0.5, 0.6) is 5.75 Å². The fourth-order valence-electron chi connectivity index (χ4n) is 5.83. The van der Waals surface area contributed by atoms with Gasteiger partial charge >= 0.3 is 5.97 Å². The molecule has 6 aromatic rings. The Hall–Kier alpha value is -5.60. The Labute approximate surface area is 274 Å². The lowest BCUT2D eigenvalue weighted by molar-refractivity contribution is -0.138. The standard InChI is InChI=1S/C39H29FN2O4S/c1-2-45-38(44)34-35(27-12-4-3-5-13-27)41-39-42(36(34)28-18-20-30(40)21-19-28)37(43)33(47-39)23-25-10-8-16-31(22-25)46-24-29-15-9-14-26-11-6-7-17-32(26)29/h3-23,36H,2,24H2,1H3/b33-23-/t36-/m0/s1. The first-order chi connectivity index (χ1) is 23.0. The zero-order valence-electron chi connectivity index (χ0n) is 25.4. The predicted molar refractivity (Wildman–Crippen MR) is 182 cm³/mol.